The lowest BCUT2D eigenvalue weighted by Gasteiger charge is -2.32. The average Bonchev–Trinajstić information content (AvgIpc) is 2.38. The Morgan fingerprint density at radius 2 is 2.24 bits per heavy atom. The van der Waals surface area contributed by atoms with Gasteiger partial charge < -0.3 is 15.0 Å². The normalized spacial score (nSPS) is 25.9. The third-order valence-electron chi connectivity index (χ3n) is 3.14. The Labute approximate surface area is 102 Å². The van der Waals surface area contributed by atoms with Crippen LogP contribution in [-0.2, 0) is 14.3 Å². The highest BCUT2D eigenvalue weighted by atomic mass is 16.5. The SMILES string of the molecule is COC(=O)CC1NCCC(C)N(C(C)C)C1=O. The first-order valence-electron chi connectivity index (χ1n) is 6.09. The lowest BCUT2D eigenvalue weighted by Crippen LogP contribution is -2.49. The highest BCUT2D eigenvalue weighted by molar-refractivity contribution is 5.87. The van der Waals surface area contributed by atoms with Crippen LogP contribution in [0.3, 0.4) is 0 Å². The molecule has 17 heavy (non-hydrogen) atoms. The van der Waals surface area contributed by atoms with E-state index in [4.69, 9.17) is 0 Å². The molecule has 0 saturated carbocycles. The molecule has 1 fully saturated rings. The molecule has 1 heterocycles. The molecule has 5 heteroatoms. The van der Waals surface area contributed by atoms with Crippen LogP contribution in [0.5, 0.6) is 0 Å². The Morgan fingerprint density at radius 3 is 2.76 bits per heavy atom. The zero-order valence-corrected chi connectivity index (χ0v) is 11.0. The van der Waals surface area contributed by atoms with Gasteiger partial charge in [-0.1, -0.05) is 0 Å². The van der Waals surface area contributed by atoms with Crippen molar-refractivity contribution in [2.24, 2.45) is 0 Å². The minimum absolute atomic E-state index is 0.00426. The van der Waals surface area contributed by atoms with Gasteiger partial charge in [-0.15, -0.1) is 0 Å². The predicted molar refractivity (Wildman–Crippen MR) is 64.5 cm³/mol. The number of carbonyl (C=O) groups is 2. The number of amides is 1. The van der Waals surface area contributed by atoms with Crippen LogP contribution in [0.2, 0.25) is 0 Å². The minimum atomic E-state index is -0.449. The summed E-state index contributed by atoms with van der Waals surface area (Å²) in [6.45, 7) is 6.78. The van der Waals surface area contributed by atoms with Crippen LogP contribution in [0.1, 0.15) is 33.6 Å². The first-order valence-corrected chi connectivity index (χ1v) is 6.09. The maximum Gasteiger partial charge on any atom is 0.307 e. The number of hydrogen-bond acceptors (Lipinski definition) is 4. The molecule has 1 N–H and O–H groups in total. The zero-order chi connectivity index (χ0) is 13.0. The van der Waals surface area contributed by atoms with Crippen molar-refractivity contribution in [2.75, 3.05) is 13.7 Å². The number of ether oxygens (including phenoxy) is 1. The van der Waals surface area contributed by atoms with E-state index in [-0.39, 0.29) is 30.4 Å². The second kappa shape index (κ2) is 6.00. The summed E-state index contributed by atoms with van der Waals surface area (Å²) in [7, 11) is 1.34. The van der Waals surface area contributed by atoms with Crippen molar-refractivity contribution in [3.63, 3.8) is 0 Å². The number of methoxy groups -OCH3 is 1. The van der Waals surface area contributed by atoms with Gasteiger partial charge in [0.05, 0.1) is 19.6 Å². The second-order valence-electron chi connectivity index (χ2n) is 4.76. The smallest absolute Gasteiger partial charge is 0.307 e. The molecule has 1 aliphatic heterocycles. The van der Waals surface area contributed by atoms with Crippen molar-refractivity contribution in [1.29, 1.82) is 0 Å². The molecule has 1 aliphatic rings. The standard InChI is InChI=1S/C12H22N2O3/c1-8(2)14-9(3)5-6-13-10(12(14)16)7-11(15)17-4/h8-10,13H,5-7H2,1-4H3. The van der Waals surface area contributed by atoms with Gasteiger partial charge in [0, 0.05) is 12.1 Å². The van der Waals surface area contributed by atoms with Gasteiger partial charge in [0.15, 0.2) is 0 Å². The number of nitrogens with one attached hydrogen (secondary N) is 1. The number of hydrogen-bond donors (Lipinski definition) is 1. The lowest BCUT2D eigenvalue weighted by atomic mass is 10.1. The number of esters is 1. The fourth-order valence-corrected chi connectivity index (χ4v) is 2.26. The molecule has 0 aromatic carbocycles. The first kappa shape index (κ1) is 14.0. The van der Waals surface area contributed by atoms with E-state index in [9.17, 15) is 9.59 Å². The van der Waals surface area contributed by atoms with Crippen molar-refractivity contribution in [3.8, 4) is 0 Å². The van der Waals surface area contributed by atoms with Crippen LogP contribution in [-0.4, -0.2) is 48.6 Å². The van der Waals surface area contributed by atoms with E-state index >= 15 is 0 Å². The van der Waals surface area contributed by atoms with E-state index < -0.39 is 6.04 Å². The Bertz CT molecular complexity index is 291. The van der Waals surface area contributed by atoms with Gasteiger partial charge in [-0.25, -0.2) is 0 Å². The van der Waals surface area contributed by atoms with E-state index in [1.54, 1.807) is 0 Å². The molecule has 1 rings (SSSR count). The van der Waals surface area contributed by atoms with Gasteiger partial charge in [0.25, 0.3) is 0 Å². The fraction of sp³-hybridized carbons (Fsp3) is 0.833. The average molecular weight is 242 g/mol. The molecule has 2 atom stereocenters. The van der Waals surface area contributed by atoms with Gasteiger partial charge >= 0.3 is 5.97 Å². The van der Waals surface area contributed by atoms with Crippen molar-refractivity contribution >= 4 is 11.9 Å². The fourth-order valence-electron chi connectivity index (χ4n) is 2.26. The summed E-state index contributed by atoms with van der Waals surface area (Å²) in [6.07, 6.45) is 1.01. The van der Waals surface area contributed by atoms with Crippen LogP contribution >= 0.6 is 0 Å². The molecule has 0 aromatic heterocycles. The summed E-state index contributed by atoms with van der Waals surface area (Å²) in [6, 6.07) is -0.0926. The number of carbonyl (C=O) groups excluding carboxylic acids is 2. The molecule has 1 amide bonds. The Hall–Kier alpha value is -1.10. The lowest BCUT2D eigenvalue weighted by molar-refractivity contribution is -0.146. The molecule has 0 radical (unpaired) electrons. The largest absolute Gasteiger partial charge is 0.469 e. The Kier molecular flexibility index (Phi) is 4.93. The zero-order valence-electron chi connectivity index (χ0n) is 11.0. The highest BCUT2D eigenvalue weighted by Gasteiger charge is 2.33. The van der Waals surface area contributed by atoms with E-state index in [0.29, 0.717) is 0 Å². The molecule has 2 unspecified atom stereocenters. The first-order chi connectivity index (χ1) is 7.97. The monoisotopic (exact) mass is 242 g/mol. The summed E-state index contributed by atoms with van der Waals surface area (Å²) < 4.78 is 4.61. The van der Waals surface area contributed by atoms with Crippen LogP contribution in [0.4, 0.5) is 0 Å². The van der Waals surface area contributed by atoms with E-state index in [2.05, 4.69) is 10.1 Å². The summed E-state index contributed by atoms with van der Waals surface area (Å²) in [5, 5.41) is 3.12. The number of nitrogens with zero attached hydrogens (tertiary/aromatic N) is 1. The summed E-state index contributed by atoms with van der Waals surface area (Å²) in [5.41, 5.74) is 0. The summed E-state index contributed by atoms with van der Waals surface area (Å²) >= 11 is 0. The van der Waals surface area contributed by atoms with Gasteiger partial charge in [-0.05, 0) is 33.7 Å². The predicted octanol–water partition coefficient (Wildman–Crippen LogP) is 0.537. The van der Waals surface area contributed by atoms with Crippen molar-refractivity contribution in [2.45, 2.75) is 51.7 Å². The van der Waals surface area contributed by atoms with Crippen molar-refractivity contribution < 1.29 is 14.3 Å². The van der Waals surface area contributed by atoms with Gasteiger partial charge in [0.1, 0.15) is 0 Å². The third kappa shape index (κ3) is 3.43. The van der Waals surface area contributed by atoms with Crippen LogP contribution < -0.4 is 5.32 Å². The van der Waals surface area contributed by atoms with E-state index in [1.165, 1.54) is 7.11 Å². The van der Waals surface area contributed by atoms with Crippen LogP contribution in [0.15, 0.2) is 0 Å². The maximum atomic E-state index is 12.3. The Balaban J connectivity index is 2.78. The summed E-state index contributed by atoms with van der Waals surface area (Å²) in [4.78, 5) is 25.4. The van der Waals surface area contributed by atoms with Crippen molar-refractivity contribution in [1.82, 2.24) is 10.2 Å². The molecular formula is C12H22N2O3. The quantitative estimate of drug-likeness (QED) is 0.734. The maximum absolute atomic E-state index is 12.3. The van der Waals surface area contributed by atoms with Gasteiger partial charge in [0.2, 0.25) is 5.91 Å². The molecule has 0 spiro atoms. The minimum Gasteiger partial charge on any atom is -0.469 e. The van der Waals surface area contributed by atoms with E-state index in [1.807, 2.05) is 25.7 Å². The molecular weight excluding hydrogens is 220 g/mol. The Morgan fingerprint density at radius 1 is 1.59 bits per heavy atom. The highest BCUT2D eigenvalue weighted by Crippen LogP contribution is 2.15. The number of rotatable bonds is 3. The molecule has 5 nitrogen and oxygen atoms in total. The van der Waals surface area contributed by atoms with E-state index in [0.717, 1.165) is 13.0 Å². The van der Waals surface area contributed by atoms with Gasteiger partial charge in [-0.3, -0.25) is 9.59 Å². The molecule has 1 saturated heterocycles. The second-order valence-corrected chi connectivity index (χ2v) is 4.76. The molecule has 0 aromatic rings. The molecule has 0 bridgehead atoms. The van der Waals surface area contributed by atoms with Crippen LogP contribution in [0, 0.1) is 0 Å². The van der Waals surface area contributed by atoms with Crippen molar-refractivity contribution in [3.05, 3.63) is 0 Å². The molecule has 0 aliphatic carbocycles. The summed E-state index contributed by atoms with van der Waals surface area (Å²) in [5.74, 6) is -0.357. The topological polar surface area (TPSA) is 58.6 Å². The van der Waals surface area contributed by atoms with Gasteiger partial charge in [-0.2, -0.15) is 0 Å². The molecule has 98 valence electrons. The third-order valence-corrected chi connectivity index (χ3v) is 3.14. The van der Waals surface area contributed by atoms with Crippen LogP contribution in [0.25, 0.3) is 0 Å².